The molecule has 0 spiro atoms. The predicted octanol–water partition coefficient (Wildman–Crippen LogP) is 0.883. The number of ketones is 1. The molecule has 1 aromatic carbocycles. The van der Waals surface area contributed by atoms with Gasteiger partial charge in [0.25, 0.3) is 0 Å². The Kier molecular flexibility index (Phi) is 5.47. The van der Waals surface area contributed by atoms with Crippen LogP contribution in [-0.2, 0) is 10.0 Å². The summed E-state index contributed by atoms with van der Waals surface area (Å²) < 4.78 is 43.2. The number of methoxy groups -OCH3 is 1. The van der Waals surface area contributed by atoms with Crippen LogP contribution < -0.4 is 15.8 Å². The van der Waals surface area contributed by atoms with Crippen LogP contribution in [0, 0.1) is 5.82 Å². The third-order valence-corrected chi connectivity index (χ3v) is 5.69. The maximum Gasteiger partial charge on any atom is 0.224 e. The molecule has 28 heavy (non-hydrogen) atoms. The van der Waals surface area contributed by atoms with Gasteiger partial charge in [0.15, 0.2) is 0 Å². The van der Waals surface area contributed by atoms with E-state index >= 15 is 0 Å². The standard InChI is InChI=1S/C17H20FN5O4S/c1-27-14-4-3-10(18)7-12(14)15(24)13-8-20-17(22-16(13)19)21-11-5-6-23(9-11)28(2,25)26/h3-4,7-8,11H,5-6,9H2,1-2H3,(H3,19,20,21,22). The number of hydrogen-bond donors (Lipinski definition) is 2. The van der Waals surface area contributed by atoms with Gasteiger partial charge in [0.05, 0.1) is 24.5 Å². The molecule has 0 bridgehead atoms. The molecule has 1 aliphatic heterocycles. The second kappa shape index (κ2) is 7.68. The van der Waals surface area contributed by atoms with Crippen molar-refractivity contribution in [2.75, 3.05) is 37.5 Å². The summed E-state index contributed by atoms with van der Waals surface area (Å²) >= 11 is 0. The van der Waals surface area contributed by atoms with Gasteiger partial charge in [-0.15, -0.1) is 0 Å². The lowest BCUT2D eigenvalue weighted by Gasteiger charge is -2.15. The first kappa shape index (κ1) is 20.0. The quantitative estimate of drug-likeness (QED) is 0.673. The molecule has 0 radical (unpaired) electrons. The molecule has 1 unspecified atom stereocenters. The number of benzene rings is 1. The number of sulfonamides is 1. The van der Waals surface area contributed by atoms with Crippen molar-refractivity contribution in [1.29, 1.82) is 0 Å². The van der Waals surface area contributed by atoms with E-state index in [1.807, 2.05) is 0 Å². The Morgan fingerprint density at radius 3 is 2.75 bits per heavy atom. The molecule has 0 aliphatic carbocycles. The highest BCUT2D eigenvalue weighted by atomic mass is 32.2. The Bertz CT molecular complexity index is 1010. The van der Waals surface area contributed by atoms with Crippen molar-refractivity contribution in [1.82, 2.24) is 14.3 Å². The fraction of sp³-hybridized carbons (Fsp3) is 0.353. The smallest absolute Gasteiger partial charge is 0.224 e. The van der Waals surface area contributed by atoms with Gasteiger partial charge >= 0.3 is 0 Å². The Balaban J connectivity index is 1.78. The Labute approximate surface area is 161 Å². The molecular formula is C17H20FN5O4S. The molecular weight excluding hydrogens is 389 g/mol. The number of rotatable bonds is 6. The minimum Gasteiger partial charge on any atom is -0.496 e. The van der Waals surface area contributed by atoms with Crippen molar-refractivity contribution >= 4 is 27.6 Å². The number of aromatic nitrogens is 2. The van der Waals surface area contributed by atoms with Gasteiger partial charge in [-0.1, -0.05) is 0 Å². The van der Waals surface area contributed by atoms with Gasteiger partial charge in [-0.2, -0.15) is 4.98 Å². The number of anilines is 2. The molecule has 2 heterocycles. The van der Waals surface area contributed by atoms with Gasteiger partial charge in [-0.3, -0.25) is 4.79 Å². The van der Waals surface area contributed by atoms with E-state index < -0.39 is 21.6 Å². The van der Waals surface area contributed by atoms with Crippen LogP contribution >= 0.6 is 0 Å². The van der Waals surface area contributed by atoms with Gasteiger partial charge in [0.1, 0.15) is 17.4 Å². The summed E-state index contributed by atoms with van der Waals surface area (Å²) in [5.74, 6) is -0.838. The first-order chi connectivity index (χ1) is 13.2. The lowest BCUT2D eigenvalue weighted by Crippen LogP contribution is -2.31. The van der Waals surface area contributed by atoms with E-state index in [2.05, 4.69) is 15.3 Å². The number of hydrogen-bond acceptors (Lipinski definition) is 8. The largest absolute Gasteiger partial charge is 0.496 e. The number of nitrogens with zero attached hydrogens (tertiary/aromatic N) is 3. The average molecular weight is 409 g/mol. The minimum atomic E-state index is -3.25. The number of nitrogens with two attached hydrogens (primary N) is 1. The topological polar surface area (TPSA) is 128 Å². The van der Waals surface area contributed by atoms with Gasteiger partial charge in [0.2, 0.25) is 21.8 Å². The zero-order valence-electron chi connectivity index (χ0n) is 15.3. The first-order valence-corrected chi connectivity index (χ1v) is 10.3. The molecule has 3 rings (SSSR count). The molecule has 150 valence electrons. The maximum absolute atomic E-state index is 13.5. The predicted molar refractivity (Wildman–Crippen MR) is 101 cm³/mol. The number of ether oxygens (including phenoxy) is 1. The van der Waals surface area contributed by atoms with Gasteiger partial charge in [-0.05, 0) is 24.6 Å². The molecule has 3 N–H and O–H groups in total. The summed E-state index contributed by atoms with van der Waals surface area (Å²) in [6, 6.07) is 3.43. The molecule has 0 saturated carbocycles. The van der Waals surface area contributed by atoms with Gasteiger partial charge < -0.3 is 15.8 Å². The van der Waals surface area contributed by atoms with E-state index in [-0.39, 0.29) is 34.7 Å². The maximum atomic E-state index is 13.5. The van der Waals surface area contributed by atoms with Crippen LogP contribution in [0.3, 0.4) is 0 Å². The molecule has 1 aromatic heterocycles. The molecule has 9 nitrogen and oxygen atoms in total. The molecule has 1 aliphatic rings. The minimum absolute atomic E-state index is 0.0121. The summed E-state index contributed by atoms with van der Waals surface area (Å²) in [6.45, 7) is 0.700. The number of carbonyl (C=O) groups is 1. The van der Waals surface area contributed by atoms with Crippen LogP contribution in [0.1, 0.15) is 22.3 Å². The summed E-state index contributed by atoms with van der Waals surface area (Å²) in [4.78, 5) is 20.9. The van der Waals surface area contributed by atoms with E-state index in [9.17, 15) is 17.6 Å². The highest BCUT2D eigenvalue weighted by Crippen LogP contribution is 2.25. The van der Waals surface area contributed by atoms with Crippen molar-refractivity contribution < 1.29 is 22.3 Å². The Morgan fingerprint density at radius 1 is 1.39 bits per heavy atom. The Morgan fingerprint density at radius 2 is 2.14 bits per heavy atom. The van der Waals surface area contributed by atoms with Crippen molar-refractivity contribution in [3.63, 3.8) is 0 Å². The third kappa shape index (κ3) is 4.20. The third-order valence-electron chi connectivity index (χ3n) is 4.42. The second-order valence-corrected chi connectivity index (χ2v) is 8.40. The lowest BCUT2D eigenvalue weighted by atomic mass is 10.0. The first-order valence-electron chi connectivity index (χ1n) is 8.41. The summed E-state index contributed by atoms with van der Waals surface area (Å²) in [6.07, 6.45) is 3.00. The van der Waals surface area contributed by atoms with Gasteiger partial charge in [-0.25, -0.2) is 22.1 Å². The van der Waals surface area contributed by atoms with Crippen molar-refractivity contribution in [3.8, 4) is 5.75 Å². The van der Waals surface area contributed by atoms with E-state index in [4.69, 9.17) is 10.5 Å². The lowest BCUT2D eigenvalue weighted by molar-refractivity contribution is 0.103. The normalized spacial score (nSPS) is 17.5. The van der Waals surface area contributed by atoms with Crippen molar-refractivity contribution in [2.45, 2.75) is 12.5 Å². The number of halogens is 1. The van der Waals surface area contributed by atoms with E-state index in [1.165, 1.54) is 29.7 Å². The fourth-order valence-electron chi connectivity index (χ4n) is 2.97. The Hall–Kier alpha value is -2.79. The molecule has 1 saturated heterocycles. The van der Waals surface area contributed by atoms with Crippen LogP contribution in [-0.4, -0.2) is 61.0 Å². The fourth-order valence-corrected chi connectivity index (χ4v) is 3.86. The van der Waals surface area contributed by atoms with Gasteiger partial charge in [0, 0.05) is 25.3 Å². The zero-order valence-corrected chi connectivity index (χ0v) is 16.2. The van der Waals surface area contributed by atoms with Crippen LogP contribution in [0.2, 0.25) is 0 Å². The molecule has 0 amide bonds. The van der Waals surface area contributed by atoms with Crippen LogP contribution in [0.5, 0.6) is 5.75 Å². The van der Waals surface area contributed by atoms with Crippen molar-refractivity contribution in [3.05, 3.63) is 41.3 Å². The zero-order chi connectivity index (χ0) is 20.5. The summed E-state index contributed by atoms with van der Waals surface area (Å²) in [5.41, 5.74) is 5.93. The highest BCUT2D eigenvalue weighted by molar-refractivity contribution is 7.88. The van der Waals surface area contributed by atoms with E-state index in [0.29, 0.717) is 19.5 Å². The highest BCUT2D eigenvalue weighted by Gasteiger charge is 2.29. The molecule has 1 fully saturated rings. The number of carbonyl (C=O) groups excluding carboxylic acids is 1. The second-order valence-electron chi connectivity index (χ2n) is 6.42. The van der Waals surface area contributed by atoms with Crippen LogP contribution in [0.15, 0.2) is 24.4 Å². The van der Waals surface area contributed by atoms with E-state index in [1.54, 1.807) is 0 Å². The summed E-state index contributed by atoms with van der Waals surface area (Å²) in [7, 11) is -1.88. The SMILES string of the molecule is COc1ccc(F)cc1C(=O)c1cnc(NC2CCN(S(C)(=O)=O)C2)nc1N. The monoisotopic (exact) mass is 409 g/mol. The number of nitrogens with one attached hydrogen (secondary N) is 1. The summed E-state index contributed by atoms with van der Waals surface area (Å²) in [5, 5.41) is 3.02. The molecule has 1 atom stereocenters. The average Bonchev–Trinajstić information content (AvgIpc) is 3.10. The van der Waals surface area contributed by atoms with Crippen LogP contribution in [0.4, 0.5) is 16.2 Å². The molecule has 2 aromatic rings. The van der Waals surface area contributed by atoms with Crippen molar-refractivity contribution in [2.24, 2.45) is 0 Å². The number of nitrogen functional groups attached to an aromatic ring is 1. The van der Waals surface area contributed by atoms with Crippen LogP contribution in [0.25, 0.3) is 0 Å². The molecule has 11 heteroatoms. The van der Waals surface area contributed by atoms with E-state index in [0.717, 1.165) is 12.3 Å².